The first-order valence-corrected chi connectivity index (χ1v) is 7.62. The van der Waals surface area contributed by atoms with Crippen LogP contribution in [0.5, 0.6) is 0 Å². The molecule has 0 unspecified atom stereocenters. The van der Waals surface area contributed by atoms with E-state index < -0.39 is 5.97 Å². The van der Waals surface area contributed by atoms with Crippen molar-refractivity contribution in [3.8, 4) is 23.7 Å². The summed E-state index contributed by atoms with van der Waals surface area (Å²) < 4.78 is 0. The molecule has 0 fully saturated rings. The molecule has 2 nitrogen and oxygen atoms in total. The van der Waals surface area contributed by atoms with Gasteiger partial charge in [0.05, 0.1) is 0 Å². The van der Waals surface area contributed by atoms with Gasteiger partial charge in [-0.1, -0.05) is 56.9 Å². The van der Waals surface area contributed by atoms with Crippen LogP contribution in [-0.4, -0.2) is 11.1 Å². The van der Waals surface area contributed by atoms with Gasteiger partial charge < -0.3 is 5.11 Å². The number of hydrogen-bond acceptors (Lipinski definition) is 1. The third-order valence-electron chi connectivity index (χ3n) is 2.84. The summed E-state index contributed by atoms with van der Waals surface area (Å²) in [7, 11) is 0. The third-order valence-corrected chi connectivity index (χ3v) is 2.84. The quantitative estimate of drug-likeness (QED) is 0.468. The molecular weight excluding hydrogens is 248 g/mol. The molecule has 0 aliphatic rings. The molecule has 0 radical (unpaired) electrons. The van der Waals surface area contributed by atoms with E-state index in [9.17, 15) is 4.79 Å². The van der Waals surface area contributed by atoms with Crippen LogP contribution in [0.1, 0.15) is 71.1 Å². The Morgan fingerprint density at radius 3 is 2.55 bits per heavy atom. The predicted molar refractivity (Wildman–Crippen MR) is 84.2 cm³/mol. The normalized spacial score (nSPS) is 9.65. The van der Waals surface area contributed by atoms with Crippen molar-refractivity contribution in [3.05, 3.63) is 12.2 Å². The van der Waals surface area contributed by atoms with E-state index in [0.29, 0.717) is 6.42 Å². The first kappa shape index (κ1) is 18.3. The average Bonchev–Trinajstić information content (AvgIpc) is 2.43. The monoisotopic (exact) mass is 274 g/mol. The van der Waals surface area contributed by atoms with Crippen LogP contribution in [0, 0.1) is 23.7 Å². The largest absolute Gasteiger partial charge is 0.481 e. The van der Waals surface area contributed by atoms with Crippen molar-refractivity contribution in [1.82, 2.24) is 0 Å². The molecule has 0 spiro atoms. The van der Waals surface area contributed by atoms with Crippen LogP contribution in [0.25, 0.3) is 0 Å². The molecule has 0 aromatic rings. The number of aliphatic carboxylic acids is 1. The highest BCUT2D eigenvalue weighted by molar-refractivity contribution is 5.66. The Morgan fingerprint density at radius 2 is 1.80 bits per heavy atom. The van der Waals surface area contributed by atoms with Crippen molar-refractivity contribution >= 4 is 5.97 Å². The number of unbranched alkanes of at least 4 members (excludes halogenated alkanes) is 7. The molecule has 0 rings (SSSR count). The van der Waals surface area contributed by atoms with Crippen molar-refractivity contribution < 1.29 is 9.90 Å². The maximum atomic E-state index is 10.3. The van der Waals surface area contributed by atoms with Crippen LogP contribution in [0.2, 0.25) is 0 Å². The summed E-state index contributed by atoms with van der Waals surface area (Å²) in [6, 6.07) is 0. The van der Waals surface area contributed by atoms with Crippen molar-refractivity contribution in [3.63, 3.8) is 0 Å². The Labute approximate surface area is 123 Å². The Kier molecular flexibility index (Phi) is 14.1. The highest BCUT2D eigenvalue weighted by atomic mass is 16.4. The van der Waals surface area contributed by atoms with Gasteiger partial charge in [0.25, 0.3) is 0 Å². The van der Waals surface area contributed by atoms with Gasteiger partial charge in [-0.15, -0.1) is 0 Å². The fourth-order valence-electron chi connectivity index (χ4n) is 1.67. The number of rotatable bonds is 10. The highest BCUT2D eigenvalue weighted by Gasteiger charge is 1.95. The fraction of sp³-hybridized carbons (Fsp3) is 0.611. The maximum Gasteiger partial charge on any atom is 0.303 e. The molecule has 0 atom stereocenters. The molecule has 0 amide bonds. The highest BCUT2D eigenvalue weighted by Crippen LogP contribution is 2.06. The summed E-state index contributed by atoms with van der Waals surface area (Å²) in [6.45, 7) is 2.18. The minimum absolute atomic E-state index is 0.293. The van der Waals surface area contributed by atoms with Crippen LogP contribution >= 0.6 is 0 Å². The molecule has 0 saturated carbocycles. The zero-order valence-corrected chi connectivity index (χ0v) is 12.6. The molecule has 20 heavy (non-hydrogen) atoms. The second-order valence-electron chi connectivity index (χ2n) is 4.78. The fourth-order valence-corrected chi connectivity index (χ4v) is 1.67. The van der Waals surface area contributed by atoms with Crippen LogP contribution in [-0.2, 0) is 4.79 Å². The SMILES string of the molecule is CCCC/C=C\C#CC#CCCCCCCCC(=O)O. The van der Waals surface area contributed by atoms with Crippen LogP contribution < -0.4 is 0 Å². The van der Waals surface area contributed by atoms with Gasteiger partial charge in [0.15, 0.2) is 0 Å². The molecule has 0 aromatic carbocycles. The lowest BCUT2D eigenvalue weighted by Gasteiger charge is -1.96. The second kappa shape index (κ2) is 15.4. The molecular formula is C18H26O2. The molecule has 0 heterocycles. The number of carbonyl (C=O) groups is 1. The van der Waals surface area contributed by atoms with Crippen LogP contribution in [0.3, 0.4) is 0 Å². The van der Waals surface area contributed by atoms with E-state index >= 15 is 0 Å². The van der Waals surface area contributed by atoms with Crippen molar-refractivity contribution in [2.45, 2.75) is 71.1 Å². The van der Waals surface area contributed by atoms with Crippen molar-refractivity contribution in [2.75, 3.05) is 0 Å². The molecule has 0 bridgehead atoms. The van der Waals surface area contributed by atoms with Gasteiger partial charge in [-0.3, -0.25) is 4.79 Å². The van der Waals surface area contributed by atoms with E-state index in [1.165, 1.54) is 12.8 Å². The summed E-state index contributed by atoms with van der Waals surface area (Å²) in [5, 5.41) is 8.48. The number of hydrogen-bond donors (Lipinski definition) is 1. The van der Waals surface area contributed by atoms with Gasteiger partial charge in [-0.2, -0.15) is 0 Å². The summed E-state index contributed by atoms with van der Waals surface area (Å²) in [5.74, 6) is 10.9. The Bertz CT molecular complexity index is 385. The van der Waals surface area contributed by atoms with Gasteiger partial charge in [0.1, 0.15) is 0 Å². The number of carboxylic acid groups (broad SMARTS) is 1. The van der Waals surface area contributed by atoms with Crippen molar-refractivity contribution in [1.29, 1.82) is 0 Å². The van der Waals surface area contributed by atoms with E-state index in [0.717, 1.165) is 44.9 Å². The molecule has 0 aliphatic heterocycles. The smallest absolute Gasteiger partial charge is 0.303 e. The van der Waals surface area contributed by atoms with E-state index in [1.54, 1.807) is 0 Å². The lowest BCUT2D eigenvalue weighted by atomic mass is 10.1. The molecule has 0 saturated heterocycles. The van der Waals surface area contributed by atoms with Gasteiger partial charge in [0, 0.05) is 12.8 Å². The molecule has 0 aromatic heterocycles. The number of allylic oxidation sites excluding steroid dienone is 2. The minimum Gasteiger partial charge on any atom is -0.481 e. The summed E-state index contributed by atoms with van der Waals surface area (Å²) in [4.78, 5) is 10.3. The predicted octanol–water partition coefficient (Wildman–Crippen LogP) is 4.55. The summed E-state index contributed by atoms with van der Waals surface area (Å²) >= 11 is 0. The second-order valence-corrected chi connectivity index (χ2v) is 4.78. The zero-order chi connectivity index (χ0) is 14.9. The first-order valence-electron chi connectivity index (χ1n) is 7.62. The minimum atomic E-state index is -0.696. The average molecular weight is 274 g/mol. The lowest BCUT2D eigenvalue weighted by molar-refractivity contribution is -0.137. The Hall–Kier alpha value is -1.67. The van der Waals surface area contributed by atoms with Gasteiger partial charge >= 0.3 is 5.97 Å². The van der Waals surface area contributed by atoms with E-state index in [4.69, 9.17) is 5.11 Å². The topological polar surface area (TPSA) is 37.3 Å². The van der Waals surface area contributed by atoms with E-state index in [1.807, 2.05) is 6.08 Å². The lowest BCUT2D eigenvalue weighted by Crippen LogP contribution is -1.93. The third kappa shape index (κ3) is 16.3. The summed E-state index contributed by atoms with van der Waals surface area (Å²) in [6.07, 6.45) is 13.8. The molecule has 110 valence electrons. The molecule has 2 heteroatoms. The molecule has 0 aliphatic carbocycles. The van der Waals surface area contributed by atoms with E-state index in [2.05, 4.69) is 36.7 Å². The zero-order valence-electron chi connectivity index (χ0n) is 12.6. The molecule has 1 N–H and O–H groups in total. The van der Waals surface area contributed by atoms with Gasteiger partial charge in [-0.25, -0.2) is 0 Å². The van der Waals surface area contributed by atoms with Gasteiger partial charge in [0.2, 0.25) is 0 Å². The standard InChI is InChI=1S/C18H26O2/c1-2-3-4-5-6-7-8-9-10-11-12-13-14-15-16-17-18(19)20/h5-6H,2-4,11-17H2,1H3,(H,19,20)/b6-5-. The van der Waals surface area contributed by atoms with Gasteiger partial charge in [-0.05, 0) is 37.2 Å². The Morgan fingerprint density at radius 1 is 1.05 bits per heavy atom. The Balaban J connectivity index is 3.39. The number of carboxylic acids is 1. The van der Waals surface area contributed by atoms with Crippen LogP contribution in [0.4, 0.5) is 0 Å². The van der Waals surface area contributed by atoms with E-state index in [-0.39, 0.29) is 0 Å². The van der Waals surface area contributed by atoms with Crippen molar-refractivity contribution in [2.24, 2.45) is 0 Å². The maximum absolute atomic E-state index is 10.3. The van der Waals surface area contributed by atoms with Crippen LogP contribution in [0.15, 0.2) is 12.2 Å². The first-order chi connectivity index (χ1) is 9.77. The summed E-state index contributed by atoms with van der Waals surface area (Å²) in [5.41, 5.74) is 0.